The van der Waals surface area contributed by atoms with Crippen molar-refractivity contribution in [3.8, 4) is 5.75 Å². The Kier molecular flexibility index (Phi) is 9.62. The summed E-state index contributed by atoms with van der Waals surface area (Å²) in [4.78, 5) is 19.7. The molecule has 2 rings (SSSR count). The zero-order valence-electron chi connectivity index (χ0n) is 15.7. The summed E-state index contributed by atoms with van der Waals surface area (Å²) in [5.41, 5.74) is 6.92. The Labute approximate surface area is 176 Å². The van der Waals surface area contributed by atoms with Gasteiger partial charge in [-0.3, -0.25) is 4.79 Å². The second kappa shape index (κ2) is 11.4. The summed E-state index contributed by atoms with van der Waals surface area (Å²) in [6.07, 6.45) is 0. The number of hydrogen-bond donors (Lipinski definition) is 3. The van der Waals surface area contributed by atoms with Crippen LogP contribution >= 0.6 is 24.0 Å². The van der Waals surface area contributed by atoms with E-state index in [1.807, 2.05) is 39.0 Å². The van der Waals surface area contributed by atoms with E-state index in [-0.39, 0.29) is 30.6 Å². The molecule has 4 N–H and O–H groups in total. The van der Waals surface area contributed by atoms with Gasteiger partial charge in [-0.1, -0.05) is 12.1 Å². The summed E-state index contributed by atoms with van der Waals surface area (Å²) >= 11 is 0. The standard InChI is InChI=1S/C18H25N5O3.HI/c1-4-20-18(22-10-17-23-12(2)13(3)26-17)21-9-14-6-5-7-15(8-14)25-11-16(19)24;/h5-8H,4,9-11H2,1-3H3,(H2,19,24)(H2,20,21,22);1H. The number of primary amides is 1. The number of amides is 1. The first-order valence-electron chi connectivity index (χ1n) is 8.43. The average Bonchev–Trinajstić information content (AvgIpc) is 2.94. The topological polar surface area (TPSA) is 115 Å². The molecule has 1 amide bonds. The van der Waals surface area contributed by atoms with E-state index in [0.29, 0.717) is 30.7 Å². The van der Waals surface area contributed by atoms with E-state index in [1.165, 1.54) is 0 Å². The lowest BCUT2D eigenvalue weighted by molar-refractivity contribution is -0.119. The van der Waals surface area contributed by atoms with Gasteiger partial charge in [-0.15, -0.1) is 24.0 Å². The molecule has 0 unspecified atom stereocenters. The highest BCUT2D eigenvalue weighted by atomic mass is 127. The van der Waals surface area contributed by atoms with Crippen molar-refractivity contribution in [3.63, 3.8) is 0 Å². The molecule has 0 aliphatic rings. The number of nitrogens with one attached hydrogen (secondary N) is 2. The predicted molar refractivity (Wildman–Crippen MR) is 114 cm³/mol. The SMILES string of the molecule is CCNC(=NCc1cccc(OCC(N)=O)c1)NCc1nc(C)c(C)o1.I. The Morgan fingerprint density at radius 1 is 1.33 bits per heavy atom. The highest BCUT2D eigenvalue weighted by molar-refractivity contribution is 14.0. The number of nitrogens with two attached hydrogens (primary N) is 1. The average molecular weight is 487 g/mol. The van der Waals surface area contributed by atoms with E-state index in [1.54, 1.807) is 6.07 Å². The number of halogens is 1. The van der Waals surface area contributed by atoms with Gasteiger partial charge in [0.25, 0.3) is 5.91 Å². The molecule has 9 heteroatoms. The summed E-state index contributed by atoms with van der Waals surface area (Å²) < 4.78 is 10.9. The van der Waals surface area contributed by atoms with Crippen LogP contribution in [0.15, 0.2) is 33.7 Å². The van der Waals surface area contributed by atoms with E-state index in [0.717, 1.165) is 23.6 Å². The molecule has 0 spiro atoms. The molecule has 1 aromatic carbocycles. The minimum absolute atomic E-state index is 0. The van der Waals surface area contributed by atoms with Crippen LogP contribution < -0.4 is 21.1 Å². The first-order chi connectivity index (χ1) is 12.5. The number of aromatic nitrogens is 1. The predicted octanol–water partition coefficient (Wildman–Crippen LogP) is 2.03. The van der Waals surface area contributed by atoms with E-state index in [4.69, 9.17) is 14.9 Å². The van der Waals surface area contributed by atoms with E-state index in [9.17, 15) is 4.79 Å². The van der Waals surface area contributed by atoms with Crippen LogP contribution in [0, 0.1) is 13.8 Å². The van der Waals surface area contributed by atoms with E-state index in [2.05, 4.69) is 20.6 Å². The molecular weight excluding hydrogens is 461 g/mol. The fourth-order valence-corrected chi connectivity index (χ4v) is 2.17. The number of carbonyl (C=O) groups excluding carboxylic acids is 1. The highest BCUT2D eigenvalue weighted by Crippen LogP contribution is 2.14. The molecule has 1 aromatic heterocycles. The van der Waals surface area contributed by atoms with Crippen molar-refractivity contribution in [2.45, 2.75) is 33.9 Å². The fourth-order valence-electron chi connectivity index (χ4n) is 2.17. The minimum Gasteiger partial charge on any atom is -0.484 e. The summed E-state index contributed by atoms with van der Waals surface area (Å²) in [5.74, 6) is 2.16. The Bertz CT molecular complexity index is 757. The van der Waals surface area contributed by atoms with Crippen molar-refractivity contribution in [2.24, 2.45) is 10.7 Å². The van der Waals surface area contributed by atoms with Crippen molar-refractivity contribution in [2.75, 3.05) is 13.2 Å². The van der Waals surface area contributed by atoms with Crippen LogP contribution in [0.25, 0.3) is 0 Å². The summed E-state index contributed by atoms with van der Waals surface area (Å²) in [6.45, 7) is 7.28. The Hall–Kier alpha value is -2.30. The second-order valence-corrected chi connectivity index (χ2v) is 5.70. The lowest BCUT2D eigenvalue weighted by Crippen LogP contribution is -2.36. The van der Waals surface area contributed by atoms with Gasteiger partial charge in [-0.25, -0.2) is 9.98 Å². The van der Waals surface area contributed by atoms with Crippen LogP contribution in [0.1, 0.15) is 29.8 Å². The number of carbonyl (C=O) groups is 1. The van der Waals surface area contributed by atoms with Gasteiger partial charge in [-0.2, -0.15) is 0 Å². The second-order valence-electron chi connectivity index (χ2n) is 5.70. The Morgan fingerprint density at radius 2 is 2.11 bits per heavy atom. The summed E-state index contributed by atoms with van der Waals surface area (Å²) in [7, 11) is 0. The van der Waals surface area contributed by atoms with Crippen LogP contribution in [0.5, 0.6) is 5.75 Å². The minimum atomic E-state index is -0.510. The molecule has 0 saturated carbocycles. The molecule has 1 heterocycles. The van der Waals surface area contributed by atoms with Gasteiger partial charge in [-0.05, 0) is 38.5 Å². The number of ether oxygens (including phenoxy) is 1. The normalized spacial score (nSPS) is 10.9. The maximum Gasteiger partial charge on any atom is 0.255 e. The van der Waals surface area contributed by atoms with Crippen molar-refractivity contribution < 1.29 is 13.9 Å². The van der Waals surface area contributed by atoms with Gasteiger partial charge in [0.15, 0.2) is 12.6 Å². The summed E-state index contributed by atoms with van der Waals surface area (Å²) in [6, 6.07) is 7.38. The largest absolute Gasteiger partial charge is 0.484 e. The molecule has 0 aliphatic carbocycles. The number of aliphatic imine (C=N–C) groups is 1. The zero-order chi connectivity index (χ0) is 18.9. The zero-order valence-corrected chi connectivity index (χ0v) is 18.1. The molecule has 2 aromatic rings. The smallest absolute Gasteiger partial charge is 0.255 e. The molecule has 0 aliphatic heterocycles. The van der Waals surface area contributed by atoms with Crippen molar-refractivity contribution in [1.82, 2.24) is 15.6 Å². The molecule has 0 saturated heterocycles. The van der Waals surface area contributed by atoms with Gasteiger partial charge in [0.1, 0.15) is 11.5 Å². The summed E-state index contributed by atoms with van der Waals surface area (Å²) in [5, 5.41) is 6.37. The lowest BCUT2D eigenvalue weighted by atomic mass is 10.2. The van der Waals surface area contributed by atoms with Crippen LogP contribution in [0.3, 0.4) is 0 Å². The number of guanidine groups is 1. The number of hydrogen-bond acceptors (Lipinski definition) is 5. The van der Waals surface area contributed by atoms with Crippen molar-refractivity contribution >= 4 is 35.8 Å². The maximum atomic E-state index is 10.8. The molecule has 0 fully saturated rings. The van der Waals surface area contributed by atoms with Gasteiger partial charge in [0.2, 0.25) is 5.89 Å². The number of nitrogens with zero attached hydrogens (tertiary/aromatic N) is 2. The number of benzene rings is 1. The fraction of sp³-hybridized carbons (Fsp3) is 0.389. The quantitative estimate of drug-likeness (QED) is 0.298. The molecule has 148 valence electrons. The van der Waals surface area contributed by atoms with E-state index < -0.39 is 5.91 Å². The molecule has 27 heavy (non-hydrogen) atoms. The van der Waals surface area contributed by atoms with Gasteiger partial charge in [0.05, 0.1) is 18.8 Å². The van der Waals surface area contributed by atoms with Crippen molar-refractivity contribution in [3.05, 3.63) is 47.2 Å². The maximum absolute atomic E-state index is 10.8. The van der Waals surface area contributed by atoms with Gasteiger partial charge < -0.3 is 25.5 Å². The van der Waals surface area contributed by atoms with Gasteiger partial charge in [0, 0.05) is 6.54 Å². The Morgan fingerprint density at radius 3 is 2.74 bits per heavy atom. The molecule has 8 nitrogen and oxygen atoms in total. The number of rotatable bonds is 8. The highest BCUT2D eigenvalue weighted by Gasteiger charge is 2.06. The molecular formula is C18H26IN5O3. The third-order valence-electron chi connectivity index (χ3n) is 3.52. The Balaban J connectivity index is 0.00000364. The third kappa shape index (κ3) is 7.85. The van der Waals surface area contributed by atoms with Crippen LogP contribution in [0.2, 0.25) is 0 Å². The molecule has 0 radical (unpaired) electrons. The number of oxazole rings is 1. The van der Waals surface area contributed by atoms with Gasteiger partial charge >= 0.3 is 0 Å². The van der Waals surface area contributed by atoms with Crippen LogP contribution in [-0.2, 0) is 17.9 Å². The number of aryl methyl sites for hydroxylation is 2. The third-order valence-corrected chi connectivity index (χ3v) is 3.52. The van der Waals surface area contributed by atoms with E-state index >= 15 is 0 Å². The first-order valence-corrected chi connectivity index (χ1v) is 8.43. The van der Waals surface area contributed by atoms with Crippen LogP contribution in [0.4, 0.5) is 0 Å². The first kappa shape index (κ1) is 22.7. The monoisotopic (exact) mass is 487 g/mol. The van der Waals surface area contributed by atoms with Crippen molar-refractivity contribution in [1.29, 1.82) is 0 Å². The molecule has 0 bridgehead atoms. The lowest BCUT2D eigenvalue weighted by Gasteiger charge is -2.10. The van der Waals surface area contributed by atoms with Crippen LogP contribution in [-0.4, -0.2) is 30.0 Å². The molecule has 0 atom stereocenters.